The highest BCUT2D eigenvalue weighted by Gasteiger charge is 2.20. The van der Waals surface area contributed by atoms with Gasteiger partial charge in [-0.25, -0.2) is 4.39 Å². The number of para-hydroxylation sites is 1. The number of carbonyl (C=O) groups excluding carboxylic acids is 1. The smallest absolute Gasteiger partial charge is 0.260 e. The fraction of sp³-hybridized carbons (Fsp3) is 0.235. The molecule has 23 heavy (non-hydrogen) atoms. The van der Waals surface area contributed by atoms with Crippen LogP contribution in [-0.4, -0.2) is 24.5 Å². The number of rotatable bonds is 5. The Morgan fingerprint density at radius 3 is 2.61 bits per heavy atom. The third kappa shape index (κ3) is 4.36. The molecule has 0 heterocycles. The predicted molar refractivity (Wildman–Crippen MR) is 89.5 cm³/mol. The van der Waals surface area contributed by atoms with Crippen molar-refractivity contribution in [1.82, 2.24) is 4.90 Å². The molecule has 0 N–H and O–H groups in total. The Morgan fingerprint density at radius 1 is 1.26 bits per heavy atom. The van der Waals surface area contributed by atoms with Crippen LogP contribution in [0.5, 0.6) is 5.75 Å². The molecule has 1 amide bonds. The zero-order valence-electron chi connectivity index (χ0n) is 12.7. The van der Waals surface area contributed by atoms with Gasteiger partial charge < -0.3 is 9.64 Å². The molecular formula is C17H16Cl2FNO2. The van der Waals surface area contributed by atoms with Crippen LogP contribution in [0.2, 0.25) is 10.0 Å². The molecule has 2 aromatic carbocycles. The van der Waals surface area contributed by atoms with Crippen LogP contribution in [-0.2, 0) is 4.79 Å². The van der Waals surface area contributed by atoms with Gasteiger partial charge in [-0.3, -0.25) is 4.79 Å². The Labute approximate surface area is 144 Å². The molecule has 2 aromatic rings. The fourth-order valence-electron chi connectivity index (χ4n) is 2.07. The van der Waals surface area contributed by atoms with Crippen molar-refractivity contribution in [3.05, 3.63) is 63.9 Å². The van der Waals surface area contributed by atoms with Gasteiger partial charge in [-0.15, -0.1) is 0 Å². The van der Waals surface area contributed by atoms with Crippen LogP contribution in [0, 0.1) is 5.82 Å². The van der Waals surface area contributed by atoms with Crippen molar-refractivity contribution in [2.45, 2.75) is 13.0 Å². The summed E-state index contributed by atoms with van der Waals surface area (Å²) in [5.41, 5.74) is 0.776. The Hall–Kier alpha value is -1.78. The lowest BCUT2D eigenvalue weighted by atomic mass is 10.1. The van der Waals surface area contributed by atoms with E-state index in [0.29, 0.717) is 10.0 Å². The molecule has 122 valence electrons. The van der Waals surface area contributed by atoms with Crippen LogP contribution < -0.4 is 4.74 Å². The summed E-state index contributed by atoms with van der Waals surface area (Å²) in [5, 5.41) is 1.02. The maximum Gasteiger partial charge on any atom is 0.260 e. The highest BCUT2D eigenvalue weighted by molar-refractivity contribution is 6.35. The van der Waals surface area contributed by atoms with Gasteiger partial charge >= 0.3 is 0 Å². The normalized spacial score (nSPS) is 11.9. The largest absolute Gasteiger partial charge is 0.481 e. The molecule has 0 aliphatic rings. The van der Waals surface area contributed by atoms with Crippen LogP contribution >= 0.6 is 23.2 Å². The number of carbonyl (C=O) groups is 1. The Kier molecular flexibility index (Phi) is 5.85. The number of likely N-dealkylation sites (N-methyl/N-ethyl adjacent to an activating group) is 1. The van der Waals surface area contributed by atoms with Gasteiger partial charge in [0, 0.05) is 17.1 Å². The maximum absolute atomic E-state index is 13.5. The highest BCUT2D eigenvalue weighted by Crippen LogP contribution is 2.29. The SMILES string of the molecule is CC(c1ccc(Cl)cc1Cl)N(C)C(=O)COc1ccccc1F. The van der Waals surface area contributed by atoms with Crippen LogP contribution in [0.3, 0.4) is 0 Å². The van der Waals surface area contributed by atoms with Crippen molar-refractivity contribution in [2.24, 2.45) is 0 Å². The van der Waals surface area contributed by atoms with Gasteiger partial charge in [-0.05, 0) is 36.8 Å². The van der Waals surface area contributed by atoms with Crippen LogP contribution in [0.1, 0.15) is 18.5 Å². The van der Waals surface area contributed by atoms with Crippen molar-refractivity contribution < 1.29 is 13.9 Å². The summed E-state index contributed by atoms with van der Waals surface area (Å²) in [6.45, 7) is 1.59. The van der Waals surface area contributed by atoms with E-state index in [0.717, 1.165) is 5.56 Å². The molecule has 0 aliphatic carbocycles. The third-order valence-corrected chi connectivity index (χ3v) is 4.14. The first-order valence-electron chi connectivity index (χ1n) is 6.98. The molecule has 0 saturated heterocycles. The van der Waals surface area contributed by atoms with E-state index in [2.05, 4.69) is 0 Å². The second-order valence-electron chi connectivity index (χ2n) is 5.07. The van der Waals surface area contributed by atoms with Gasteiger partial charge in [-0.2, -0.15) is 0 Å². The molecule has 0 aromatic heterocycles. The maximum atomic E-state index is 13.5. The number of hydrogen-bond acceptors (Lipinski definition) is 2. The van der Waals surface area contributed by atoms with Gasteiger partial charge in [-0.1, -0.05) is 41.4 Å². The first kappa shape index (κ1) is 17.6. The Balaban J connectivity index is 2.03. The molecule has 0 spiro atoms. The minimum Gasteiger partial charge on any atom is -0.481 e. The van der Waals surface area contributed by atoms with Gasteiger partial charge in [0.2, 0.25) is 0 Å². The van der Waals surface area contributed by atoms with E-state index in [4.69, 9.17) is 27.9 Å². The topological polar surface area (TPSA) is 29.5 Å². The van der Waals surface area contributed by atoms with Crippen molar-refractivity contribution in [3.63, 3.8) is 0 Å². The Bertz CT molecular complexity index is 709. The van der Waals surface area contributed by atoms with E-state index >= 15 is 0 Å². The van der Waals surface area contributed by atoms with Crippen molar-refractivity contribution >= 4 is 29.1 Å². The first-order chi connectivity index (χ1) is 10.9. The zero-order chi connectivity index (χ0) is 17.0. The average molecular weight is 356 g/mol. The number of halogens is 3. The summed E-state index contributed by atoms with van der Waals surface area (Å²) in [5.74, 6) is -0.741. The van der Waals surface area contributed by atoms with E-state index in [1.54, 1.807) is 37.4 Å². The molecule has 0 saturated carbocycles. The van der Waals surface area contributed by atoms with Gasteiger partial charge in [0.1, 0.15) is 0 Å². The van der Waals surface area contributed by atoms with E-state index in [1.165, 1.54) is 17.0 Å². The van der Waals surface area contributed by atoms with E-state index in [1.807, 2.05) is 6.92 Å². The molecule has 0 bridgehead atoms. The van der Waals surface area contributed by atoms with Crippen LogP contribution in [0.15, 0.2) is 42.5 Å². The highest BCUT2D eigenvalue weighted by atomic mass is 35.5. The monoisotopic (exact) mass is 355 g/mol. The fourth-order valence-corrected chi connectivity index (χ4v) is 2.63. The predicted octanol–water partition coefficient (Wildman–Crippen LogP) is 4.73. The van der Waals surface area contributed by atoms with Crippen LogP contribution in [0.4, 0.5) is 4.39 Å². The van der Waals surface area contributed by atoms with Crippen molar-refractivity contribution in [2.75, 3.05) is 13.7 Å². The summed E-state index contributed by atoms with van der Waals surface area (Å²) < 4.78 is 18.7. The minimum atomic E-state index is -0.503. The molecule has 1 unspecified atom stereocenters. The summed E-state index contributed by atoms with van der Waals surface area (Å²) in [6, 6.07) is 10.8. The van der Waals surface area contributed by atoms with Crippen molar-refractivity contribution in [3.8, 4) is 5.75 Å². The first-order valence-corrected chi connectivity index (χ1v) is 7.73. The summed E-state index contributed by atoms with van der Waals surface area (Å²) in [6.07, 6.45) is 0. The van der Waals surface area contributed by atoms with Crippen molar-refractivity contribution in [1.29, 1.82) is 0 Å². The second-order valence-corrected chi connectivity index (χ2v) is 5.91. The molecule has 0 fully saturated rings. The minimum absolute atomic E-state index is 0.0476. The lowest BCUT2D eigenvalue weighted by Gasteiger charge is -2.26. The lowest BCUT2D eigenvalue weighted by Crippen LogP contribution is -2.33. The van der Waals surface area contributed by atoms with Gasteiger partial charge in [0.15, 0.2) is 18.2 Å². The third-order valence-electron chi connectivity index (χ3n) is 3.57. The summed E-state index contributed by atoms with van der Waals surface area (Å²) >= 11 is 12.0. The van der Waals surface area contributed by atoms with E-state index in [-0.39, 0.29) is 24.3 Å². The average Bonchev–Trinajstić information content (AvgIpc) is 2.52. The molecule has 6 heteroatoms. The molecular weight excluding hydrogens is 340 g/mol. The zero-order valence-corrected chi connectivity index (χ0v) is 14.2. The molecule has 3 nitrogen and oxygen atoms in total. The van der Waals surface area contributed by atoms with Crippen LogP contribution in [0.25, 0.3) is 0 Å². The summed E-state index contributed by atoms with van der Waals surface area (Å²) in [4.78, 5) is 13.7. The number of benzene rings is 2. The number of ether oxygens (including phenoxy) is 1. The van der Waals surface area contributed by atoms with Gasteiger partial charge in [0.05, 0.1) is 6.04 Å². The second kappa shape index (κ2) is 7.66. The number of hydrogen-bond donors (Lipinski definition) is 0. The molecule has 1 atom stereocenters. The standard InChI is InChI=1S/C17H16Cl2FNO2/c1-11(13-8-7-12(18)9-14(13)19)21(2)17(22)10-23-16-6-4-3-5-15(16)20/h3-9,11H,10H2,1-2H3. The molecule has 0 aliphatic heterocycles. The lowest BCUT2D eigenvalue weighted by molar-refractivity contribution is -0.134. The molecule has 0 radical (unpaired) electrons. The van der Waals surface area contributed by atoms with E-state index < -0.39 is 5.82 Å². The molecule has 2 rings (SSSR count). The summed E-state index contributed by atoms with van der Waals surface area (Å²) in [7, 11) is 1.64. The van der Waals surface area contributed by atoms with E-state index in [9.17, 15) is 9.18 Å². The number of nitrogens with zero attached hydrogens (tertiary/aromatic N) is 1. The quantitative estimate of drug-likeness (QED) is 0.775. The Morgan fingerprint density at radius 2 is 1.96 bits per heavy atom. The van der Waals surface area contributed by atoms with Gasteiger partial charge in [0.25, 0.3) is 5.91 Å². The number of amides is 1.